The fourth-order valence-electron chi connectivity index (χ4n) is 2.55. The number of esters is 1. The summed E-state index contributed by atoms with van der Waals surface area (Å²) in [4.78, 5) is 11.7. The van der Waals surface area contributed by atoms with Gasteiger partial charge in [-0.05, 0) is 30.2 Å². The maximum atomic E-state index is 11.7. The standard InChI is InChI=1S/C19H23NO4/c1-4-24-18(21)12-16(20)14-10-15(13-8-6-5-7-9-13)19(23-3)17(11-14)22-2/h5-11,16H,4,12,20H2,1-3H3/t16-/m0/s1. The molecule has 0 saturated heterocycles. The molecule has 0 spiro atoms. The average Bonchev–Trinajstić information content (AvgIpc) is 2.61. The van der Waals surface area contributed by atoms with Crippen LogP contribution >= 0.6 is 0 Å². The van der Waals surface area contributed by atoms with Crippen LogP contribution in [0.25, 0.3) is 11.1 Å². The highest BCUT2D eigenvalue weighted by atomic mass is 16.5. The number of hydrogen-bond donors (Lipinski definition) is 1. The third-order valence-corrected chi connectivity index (χ3v) is 3.71. The van der Waals surface area contributed by atoms with Gasteiger partial charge >= 0.3 is 5.97 Å². The van der Waals surface area contributed by atoms with Crippen LogP contribution in [0.1, 0.15) is 24.9 Å². The van der Waals surface area contributed by atoms with E-state index >= 15 is 0 Å². The highest BCUT2D eigenvalue weighted by molar-refractivity contribution is 5.76. The quantitative estimate of drug-likeness (QED) is 0.789. The number of benzene rings is 2. The van der Waals surface area contributed by atoms with Crippen molar-refractivity contribution in [1.82, 2.24) is 0 Å². The summed E-state index contributed by atoms with van der Waals surface area (Å²) in [6, 6.07) is 13.1. The molecule has 0 saturated carbocycles. The molecule has 2 rings (SSSR count). The van der Waals surface area contributed by atoms with E-state index in [1.165, 1.54) is 0 Å². The molecule has 0 unspecified atom stereocenters. The molecule has 0 aliphatic heterocycles. The maximum absolute atomic E-state index is 11.7. The summed E-state index contributed by atoms with van der Waals surface area (Å²) in [5, 5.41) is 0. The lowest BCUT2D eigenvalue weighted by atomic mass is 9.96. The zero-order valence-electron chi connectivity index (χ0n) is 14.2. The van der Waals surface area contributed by atoms with Gasteiger partial charge in [0.25, 0.3) is 0 Å². The van der Waals surface area contributed by atoms with Crippen molar-refractivity contribution < 1.29 is 19.0 Å². The van der Waals surface area contributed by atoms with Crippen LogP contribution in [-0.2, 0) is 9.53 Å². The van der Waals surface area contributed by atoms with Crippen molar-refractivity contribution >= 4 is 5.97 Å². The topological polar surface area (TPSA) is 70.8 Å². The van der Waals surface area contributed by atoms with Crippen molar-refractivity contribution in [1.29, 1.82) is 0 Å². The highest BCUT2D eigenvalue weighted by Crippen LogP contribution is 2.40. The number of hydrogen-bond acceptors (Lipinski definition) is 5. The molecule has 0 amide bonds. The Kier molecular flexibility index (Phi) is 6.21. The Morgan fingerprint density at radius 2 is 1.83 bits per heavy atom. The van der Waals surface area contributed by atoms with E-state index in [4.69, 9.17) is 19.9 Å². The van der Waals surface area contributed by atoms with E-state index in [0.29, 0.717) is 18.1 Å². The molecular weight excluding hydrogens is 306 g/mol. The van der Waals surface area contributed by atoms with Gasteiger partial charge in [0.2, 0.25) is 0 Å². The van der Waals surface area contributed by atoms with Crippen LogP contribution in [-0.4, -0.2) is 26.8 Å². The SMILES string of the molecule is CCOC(=O)C[C@H](N)c1cc(OC)c(OC)c(-c2ccccc2)c1. The van der Waals surface area contributed by atoms with Gasteiger partial charge < -0.3 is 19.9 Å². The Morgan fingerprint density at radius 1 is 1.12 bits per heavy atom. The van der Waals surface area contributed by atoms with Crippen LogP contribution in [0.15, 0.2) is 42.5 Å². The lowest BCUT2D eigenvalue weighted by molar-refractivity contribution is -0.143. The summed E-state index contributed by atoms with van der Waals surface area (Å²) in [5.74, 6) is 0.894. The molecule has 128 valence electrons. The molecule has 1 atom stereocenters. The average molecular weight is 329 g/mol. The molecule has 2 N–H and O–H groups in total. The minimum atomic E-state index is -0.480. The van der Waals surface area contributed by atoms with Gasteiger partial charge in [0, 0.05) is 11.6 Å². The normalized spacial score (nSPS) is 11.7. The number of carbonyl (C=O) groups is 1. The lowest BCUT2D eigenvalue weighted by Crippen LogP contribution is -2.17. The second-order valence-corrected chi connectivity index (χ2v) is 5.29. The Balaban J connectivity index is 2.45. The molecule has 0 aliphatic rings. The smallest absolute Gasteiger partial charge is 0.307 e. The molecule has 0 aromatic heterocycles. The van der Waals surface area contributed by atoms with Gasteiger partial charge in [0.1, 0.15) is 0 Å². The van der Waals surface area contributed by atoms with E-state index in [-0.39, 0.29) is 12.4 Å². The van der Waals surface area contributed by atoms with Gasteiger partial charge in [-0.25, -0.2) is 0 Å². The third-order valence-electron chi connectivity index (χ3n) is 3.71. The summed E-state index contributed by atoms with van der Waals surface area (Å²) >= 11 is 0. The summed E-state index contributed by atoms with van der Waals surface area (Å²) in [5.41, 5.74) is 8.83. The van der Waals surface area contributed by atoms with Crippen LogP contribution in [0.3, 0.4) is 0 Å². The van der Waals surface area contributed by atoms with Crippen LogP contribution in [0.5, 0.6) is 11.5 Å². The number of rotatable bonds is 7. The molecule has 5 heteroatoms. The van der Waals surface area contributed by atoms with E-state index in [0.717, 1.165) is 16.7 Å². The van der Waals surface area contributed by atoms with Crippen LogP contribution in [0, 0.1) is 0 Å². The first-order valence-corrected chi connectivity index (χ1v) is 7.83. The first-order valence-electron chi connectivity index (χ1n) is 7.83. The van der Waals surface area contributed by atoms with Crippen LogP contribution in [0.2, 0.25) is 0 Å². The predicted molar refractivity (Wildman–Crippen MR) is 93.2 cm³/mol. The summed E-state index contributed by atoms with van der Waals surface area (Å²) in [7, 11) is 3.18. The van der Waals surface area contributed by atoms with E-state index in [1.54, 1.807) is 27.2 Å². The molecule has 0 radical (unpaired) electrons. The largest absolute Gasteiger partial charge is 0.493 e. The van der Waals surface area contributed by atoms with Gasteiger partial charge in [-0.15, -0.1) is 0 Å². The highest BCUT2D eigenvalue weighted by Gasteiger charge is 2.19. The number of methoxy groups -OCH3 is 2. The molecule has 0 bridgehead atoms. The Morgan fingerprint density at radius 3 is 2.42 bits per heavy atom. The fourth-order valence-corrected chi connectivity index (χ4v) is 2.55. The number of carbonyl (C=O) groups excluding carboxylic acids is 1. The Bertz CT molecular complexity index is 685. The summed E-state index contributed by atoms with van der Waals surface area (Å²) in [6.07, 6.45) is 0.109. The third kappa shape index (κ3) is 4.06. The van der Waals surface area contributed by atoms with E-state index in [2.05, 4.69) is 0 Å². The molecule has 0 heterocycles. The monoisotopic (exact) mass is 329 g/mol. The maximum Gasteiger partial charge on any atom is 0.307 e. The predicted octanol–water partition coefficient (Wildman–Crippen LogP) is 3.32. The van der Waals surface area contributed by atoms with Crippen molar-refractivity contribution in [2.24, 2.45) is 5.73 Å². The van der Waals surface area contributed by atoms with Crippen molar-refractivity contribution in [2.75, 3.05) is 20.8 Å². The number of ether oxygens (including phenoxy) is 3. The minimum absolute atomic E-state index is 0.109. The van der Waals surface area contributed by atoms with Gasteiger partial charge in [-0.1, -0.05) is 30.3 Å². The zero-order chi connectivity index (χ0) is 17.5. The van der Waals surface area contributed by atoms with E-state index < -0.39 is 6.04 Å². The van der Waals surface area contributed by atoms with Crippen LogP contribution < -0.4 is 15.2 Å². The molecule has 2 aromatic rings. The Labute approximate surface area is 142 Å². The van der Waals surface area contributed by atoms with Gasteiger partial charge in [-0.3, -0.25) is 4.79 Å². The molecule has 0 aliphatic carbocycles. The summed E-state index contributed by atoms with van der Waals surface area (Å²) in [6.45, 7) is 2.11. The van der Waals surface area contributed by atoms with Crippen molar-refractivity contribution in [3.05, 3.63) is 48.0 Å². The van der Waals surface area contributed by atoms with Crippen molar-refractivity contribution in [2.45, 2.75) is 19.4 Å². The lowest BCUT2D eigenvalue weighted by Gasteiger charge is -2.18. The molecule has 24 heavy (non-hydrogen) atoms. The second-order valence-electron chi connectivity index (χ2n) is 5.29. The van der Waals surface area contributed by atoms with E-state index in [1.807, 2.05) is 36.4 Å². The van der Waals surface area contributed by atoms with Crippen molar-refractivity contribution in [3.8, 4) is 22.6 Å². The van der Waals surface area contributed by atoms with E-state index in [9.17, 15) is 4.79 Å². The Hall–Kier alpha value is -2.53. The fraction of sp³-hybridized carbons (Fsp3) is 0.316. The first kappa shape index (κ1) is 17.8. The van der Waals surface area contributed by atoms with Gasteiger partial charge in [0.05, 0.1) is 27.2 Å². The first-order chi connectivity index (χ1) is 11.6. The molecule has 5 nitrogen and oxygen atoms in total. The van der Waals surface area contributed by atoms with Gasteiger partial charge in [0.15, 0.2) is 11.5 Å². The second kappa shape index (κ2) is 8.36. The molecule has 2 aromatic carbocycles. The summed E-state index contributed by atoms with van der Waals surface area (Å²) < 4.78 is 15.9. The van der Waals surface area contributed by atoms with Crippen LogP contribution in [0.4, 0.5) is 0 Å². The molecule has 0 fully saturated rings. The van der Waals surface area contributed by atoms with Gasteiger partial charge in [-0.2, -0.15) is 0 Å². The minimum Gasteiger partial charge on any atom is -0.493 e. The molecular formula is C19H23NO4. The zero-order valence-corrected chi connectivity index (χ0v) is 14.2. The number of nitrogens with two attached hydrogens (primary N) is 1. The van der Waals surface area contributed by atoms with Crippen molar-refractivity contribution in [3.63, 3.8) is 0 Å².